The largest absolute Gasteiger partial charge is 0.385 e. The zero-order valence-corrected chi connectivity index (χ0v) is 25.6. The topological polar surface area (TPSA) is 150 Å². The Morgan fingerprint density at radius 1 is 0.870 bits per heavy atom. The third-order valence-electron chi connectivity index (χ3n) is 10.1. The van der Waals surface area contributed by atoms with Crippen molar-refractivity contribution in [2.75, 3.05) is 30.3 Å². The van der Waals surface area contributed by atoms with Gasteiger partial charge in [0.25, 0.3) is 11.8 Å². The summed E-state index contributed by atoms with van der Waals surface area (Å²) in [4.78, 5) is 55.9. The Morgan fingerprint density at radius 2 is 1.65 bits per heavy atom. The number of hydrogen-bond acceptors (Lipinski definition) is 9. The Bertz CT molecular complexity index is 1700. The van der Waals surface area contributed by atoms with E-state index in [0.29, 0.717) is 23.9 Å². The number of rotatable bonds is 9. The average Bonchev–Trinajstić information content (AvgIpc) is 3.75. The maximum Gasteiger partial charge on any atom is 0.262 e. The molecule has 12 nitrogen and oxygen atoms in total. The van der Waals surface area contributed by atoms with Crippen LogP contribution in [0.1, 0.15) is 89.7 Å². The van der Waals surface area contributed by atoms with Crippen LogP contribution in [-0.2, 0) is 9.59 Å². The Labute approximate surface area is 266 Å². The van der Waals surface area contributed by atoms with Crippen molar-refractivity contribution < 1.29 is 19.2 Å². The van der Waals surface area contributed by atoms with Gasteiger partial charge in [-0.15, -0.1) is 0 Å². The third-order valence-corrected chi connectivity index (χ3v) is 10.1. The van der Waals surface area contributed by atoms with Gasteiger partial charge in [-0.2, -0.15) is 5.10 Å². The van der Waals surface area contributed by atoms with Crippen LogP contribution < -0.4 is 21.3 Å². The van der Waals surface area contributed by atoms with Gasteiger partial charge in [0.2, 0.25) is 11.8 Å². The Kier molecular flexibility index (Phi) is 7.31. The summed E-state index contributed by atoms with van der Waals surface area (Å²) >= 11 is 0. The molecular formula is C34H38N8O4. The maximum atomic E-state index is 13.2. The zero-order chi connectivity index (χ0) is 31.4. The number of carbonyl (C=O) groups excluding carboxylic acids is 4. The molecule has 4 amide bonds. The lowest BCUT2D eigenvalue weighted by Gasteiger charge is -2.35. The van der Waals surface area contributed by atoms with Crippen LogP contribution in [0.2, 0.25) is 0 Å². The first kappa shape index (κ1) is 28.9. The highest BCUT2D eigenvalue weighted by atomic mass is 16.2. The SMILES string of the molecule is O=C1CCC(N2C(=O)c3ccc(NCC4CC(n5cc(-c6ccc(NC7CCNCC7)cn6)c(C6CC6)n5)C4)cc3C2=O)C(=O)N1. The van der Waals surface area contributed by atoms with Crippen LogP contribution in [0.15, 0.2) is 42.7 Å². The van der Waals surface area contributed by atoms with Crippen molar-refractivity contribution in [2.45, 2.75) is 75.4 Å². The number of hydrogen-bond donors (Lipinski definition) is 4. The molecule has 2 aliphatic carbocycles. The van der Waals surface area contributed by atoms with Gasteiger partial charge in [-0.05, 0) is 94.3 Å². The number of anilines is 2. The van der Waals surface area contributed by atoms with Gasteiger partial charge >= 0.3 is 0 Å². The molecule has 0 radical (unpaired) electrons. The molecule has 8 rings (SSSR count). The summed E-state index contributed by atoms with van der Waals surface area (Å²) in [6.45, 7) is 2.84. The van der Waals surface area contributed by atoms with E-state index in [1.54, 1.807) is 18.2 Å². The number of aromatic nitrogens is 3. The van der Waals surface area contributed by atoms with Gasteiger partial charge in [-0.25, -0.2) is 0 Å². The normalized spacial score (nSPS) is 24.9. The summed E-state index contributed by atoms with van der Waals surface area (Å²) < 4.78 is 2.14. The number of amides is 4. The standard InChI is InChI=1S/C34H38N8O4/c43-30-8-7-29(32(44)39-30)42-33(45)25-5-3-22(15-26(25)34(42)46)36-16-19-13-24(14-19)41-18-27(31(40-41)20-1-2-20)28-6-4-23(17-37-28)38-21-9-11-35-12-10-21/h3-6,15,17-21,24,29,35-36,38H,1-2,7-14,16H2,(H,39,43,44). The lowest BCUT2D eigenvalue weighted by atomic mass is 9.80. The maximum absolute atomic E-state index is 13.2. The summed E-state index contributed by atoms with van der Waals surface area (Å²) in [6, 6.07) is 9.25. The van der Waals surface area contributed by atoms with Crippen LogP contribution in [0, 0.1) is 5.92 Å². The quantitative estimate of drug-likeness (QED) is 0.263. The van der Waals surface area contributed by atoms with Gasteiger partial charge in [-0.1, -0.05) is 0 Å². The molecule has 0 bridgehead atoms. The van der Waals surface area contributed by atoms with E-state index in [1.807, 2.05) is 6.20 Å². The third kappa shape index (κ3) is 5.44. The molecule has 3 aliphatic heterocycles. The van der Waals surface area contributed by atoms with Gasteiger partial charge < -0.3 is 16.0 Å². The number of imide groups is 2. The Morgan fingerprint density at radius 3 is 2.39 bits per heavy atom. The van der Waals surface area contributed by atoms with Crippen molar-refractivity contribution >= 4 is 35.0 Å². The molecule has 12 heteroatoms. The van der Waals surface area contributed by atoms with Crippen molar-refractivity contribution in [1.29, 1.82) is 0 Å². The first-order chi connectivity index (χ1) is 22.4. The molecule has 1 aromatic carbocycles. The molecule has 2 aromatic heterocycles. The highest BCUT2D eigenvalue weighted by Gasteiger charge is 2.44. The van der Waals surface area contributed by atoms with Crippen LogP contribution >= 0.6 is 0 Å². The number of fused-ring (bicyclic) bond motifs is 1. The summed E-state index contributed by atoms with van der Waals surface area (Å²) in [5.41, 5.74) is 5.67. The number of carbonyl (C=O) groups is 4. The van der Waals surface area contributed by atoms with E-state index in [1.165, 1.54) is 12.8 Å². The molecule has 0 spiro atoms. The molecule has 46 heavy (non-hydrogen) atoms. The molecule has 1 atom stereocenters. The second kappa shape index (κ2) is 11.7. The van der Waals surface area contributed by atoms with Gasteiger partial charge in [0.1, 0.15) is 6.04 Å². The predicted molar refractivity (Wildman–Crippen MR) is 170 cm³/mol. The predicted octanol–water partition coefficient (Wildman–Crippen LogP) is 3.45. The molecule has 238 valence electrons. The van der Waals surface area contributed by atoms with E-state index in [4.69, 9.17) is 10.1 Å². The average molecular weight is 623 g/mol. The van der Waals surface area contributed by atoms with Crippen LogP contribution in [0.3, 0.4) is 0 Å². The van der Waals surface area contributed by atoms with Crippen LogP contribution in [0.4, 0.5) is 11.4 Å². The van der Waals surface area contributed by atoms with Crippen molar-refractivity contribution in [3.63, 3.8) is 0 Å². The Balaban J connectivity index is 0.882. The van der Waals surface area contributed by atoms with Gasteiger partial charge in [0, 0.05) is 42.4 Å². The van der Waals surface area contributed by atoms with Crippen molar-refractivity contribution in [3.8, 4) is 11.3 Å². The Hall–Kier alpha value is -4.58. The van der Waals surface area contributed by atoms with E-state index in [2.05, 4.69) is 44.3 Å². The number of nitrogens with zero attached hydrogens (tertiary/aromatic N) is 4. The molecule has 2 saturated heterocycles. The van der Waals surface area contributed by atoms with Crippen LogP contribution in [0.25, 0.3) is 11.3 Å². The number of piperidine rings is 2. The fourth-order valence-electron chi connectivity index (χ4n) is 7.22. The summed E-state index contributed by atoms with van der Waals surface area (Å²) in [7, 11) is 0. The molecule has 4 N–H and O–H groups in total. The second-order valence-corrected chi connectivity index (χ2v) is 13.4. The summed E-state index contributed by atoms with van der Waals surface area (Å²) in [6.07, 6.45) is 11.0. The van der Waals surface area contributed by atoms with E-state index in [0.717, 1.165) is 78.5 Å². The van der Waals surface area contributed by atoms with Crippen molar-refractivity contribution in [1.82, 2.24) is 30.3 Å². The van der Waals surface area contributed by atoms with Crippen molar-refractivity contribution in [3.05, 3.63) is 59.5 Å². The van der Waals surface area contributed by atoms with E-state index in [-0.39, 0.29) is 29.9 Å². The first-order valence-electron chi connectivity index (χ1n) is 16.5. The van der Waals surface area contributed by atoms with Crippen LogP contribution in [0.5, 0.6) is 0 Å². The second-order valence-electron chi connectivity index (χ2n) is 13.4. The lowest BCUT2D eigenvalue weighted by Crippen LogP contribution is -2.54. The van der Waals surface area contributed by atoms with Crippen LogP contribution in [-0.4, -0.2) is 75.0 Å². The van der Waals surface area contributed by atoms with Gasteiger partial charge in [0.15, 0.2) is 0 Å². The zero-order valence-electron chi connectivity index (χ0n) is 25.6. The van der Waals surface area contributed by atoms with E-state index < -0.39 is 23.8 Å². The van der Waals surface area contributed by atoms with E-state index >= 15 is 0 Å². The highest BCUT2D eigenvalue weighted by Crippen LogP contribution is 2.45. The molecule has 5 heterocycles. The molecule has 3 aromatic rings. The molecule has 5 aliphatic rings. The molecule has 1 unspecified atom stereocenters. The minimum Gasteiger partial charge on any atom is -0.385 e. The fraction of sp³-hybridized carbons (Fsp3) is 0.471. The first-order valence-corrected chi connectivity index (χ1v) is 16.5. The highest BCUT2D eigenvalue weighted by molar-refractivity contribution is 6.23. The lowest BCUT2D eigenvalue weighted by molar-refractivity contribution is -0.136. The monoisotopic (exact) mass is 622 g/mol. The molecular weight excluding hydrogens is 584 g/mol. The van der Waals surface area contributed by atoms with Crippen molar-refractivity contribution in [2.24, 2.45) is 5.92 Å². The summed E-state index contributed by atoms with van der Waals surface area (Å²) in [5, 5.41) is 17.8. The minimum atomic E-state index is -0.965. The number of benzene rings is 1. The number of pyridine rings is 1. The molecule has 4 fully saturated rings. The molecule has 2 saturated carbocycles. The van der Waals surface area contributed by atoms with Gasteiger partial charge in [0.05, 0.1) is 40.4 Å². The van der Waals surface area contributed by atoms with E-state index in [9.17, 15) is 19.2 Å². The minimum absolute atomic E-state index is 0.0984. The smallest absolute Gasteiger partial charge is 0.262 e. The number of nitrogens with one attached hydrogen (secondary N) is 4. The summed E-state index contributed by atoms with van der Waals surface area (Å²) in [5.74, 6) is -1.01. The van der Waals surface area contributed by atoms with Gasteiger partial charge in [-0.3, -0.25) is 39.1 Å². The fourth-order valence-corrected chi connectivity index (χ4v) is 7.22.